The topological polar surface area (TPSA) is 52.0 Å². The maximum atomic E-state index is 6.18. The third-order valence-electron chi connectivity index (χ3n) is 3.15. The van der Waals surface area contributed by atoms with Gasteiger partial charge < -0.3 is 11.5 Å². The molecule has 1 aliphatic rings. The van der Waals surface area contributed by atoms with E-state index in [2.05, 4.69) is 31.2 Å². The Labute approximate surface area is 85.3 Å². The summed E-state index contributed by atoms with van der Waals surface area (Å²) >= 11 is 0. The van der Waals surface area contributed by atoms with Gasteiger partial charge in [-0.1, -0.05) is 29.8 Å². The van der Waals surface area contributed by atoms with Crippen molar-refractivity contribution in [3.8, 4) is 0 Å². The molecule has 1 aliphatic carbocycles. The lowest BCUT2D eigenvalue weighted by atomic mass is 9.74. The number of nitrogens with two attached hydrogens (primary N) is 2. The highest BCUT2D eigenvalue weighted by Crippen LogP contribution is 2.35. The second-order valence-electron chi connectivity index (χ2n) is 4.43. The highest BCUT2D eigenvalue weighted by Gasteiger charge is 2.31. The smallest absolute Gasteiger partial charge is 0.0324 e. The molecule has 1 unspecified atom stereocenters. The van der Waals surface area contributed by atoms with Gasteiger partial charge in [-0.3, -0.25) is 0 Å². The number of rotatable bonds is 2. The van der Waals surface area contributed by atoms with Crippen LogP contribution < -0.4 is 11.5 Å². The maximum Gasteiger partial charge on any atom is 0.0324 e. The standard InChI is InChI=1S/C12H18N2/c1-8-3-2-4-9(5-8)12(14)10-6-11(13)7-10/h2-5,10-12H,6-7,13-14H2,1H3. The first-order chi connectivity index (χ1) is 6.66. The van der Waals surface area contributed by atoms with Crippen LogP contribution in [0.5, 0.6) is 0 Å². The van der Waals surface area contributed by atoms with Crippen molar-refractivity contribution in [3.05, 3.63) is 35.4 Å². The van der Waals surface area contributed by atoms with Crippen molar-refractivity contribution in [1.82, 2.24) is 0 Å². The first-order valence-electron chi connectivity index (χ1n) is 5.24. The van der Waals surface area contributed by atoms with Crippen LogP contribution in [0.15, 0.2) is 24.3 Å². The molecule has 2 heteroatoms. The summed E-state index contributed by atoms with van der Waals surface area (Å²) in [7, 11) is 0. The van der Waals surface area contributed by atoms with Crippen molar-refractivity contribution in [2.24, 2.45) is 17.4 Å². The van der Waals surface area contributed by atoms with Gasteiger partial charge >= 0.3 is 0 Å². The van der Waals surface area contributed by atoms with Gasteiger partial charge in [-0.05, 0) is 31.2 Å². The van der Waals surface area contributed by atoms with E-state index in [0.29, 0.717) is 12.0 Å². The van der Waals surface area contributed by atoms with Crippen LogP contribution in [-0.2, 0) is 0 Å². The zero-order chi connectivity index (χ0) is 10.1. The van der Waals surface area contributed by atoms with E-state index in [1.54, 1.807) is 0 Å². The summed E-state index contributed by atoms with van der Waals surface area (Å²) < 4.78 is 0. The van der Waals surface area contributed by atoms with Gasteiger partial charge in [0.05, 0.1) is 0 Å². The van der Waals surface area contributed by atoms with Crippen molar-refractivity contribution < 1.29 is 0 Å². The predicted octanol–water partition coefficient (Wildman–Crippen LogP) is 1.73. The van der Waals surface area contributed by atoms with E-state index in [1.807, 2.05) is 0 Å². The molecular formula is C12H18N2. The minimum absolute atomic E-state index is 0.176. The quantitative estimate of drug-likeness (QED) is 0.746. The van der Waals surface area contributed by atoms with E-state index >= 15 is 0 Å². The van der Waals surface area contributed by atoms with Crippen molar-refractivity contribution in [3.63, 3.8) is 0 Å². The summed E-state index contributed by atoms with van der Waals surface area (Å²) in [4.78, 5) is 0. The fourth-order valence-corrected chi connectivity index (χ4v) is 2.15. The molecule has 1 saturated carbocycles. The number of hydrogen-bond acceptors (Lipinski definition) is 2. The molecule has 0 heterocycles. The van der Waals surface area contributed by atoms with E-state index in [4.69, 9.17) is 11.5 Å². The van der Waals surface area contributed by atoms with Crippen LogP contribution >= 0.6 is 0 Å². The maximum absolute atomic E-state index is 6.18. The van der Waals surface area contributed by atoms with Crippen LogP contribution in [0.2, 0.25) is 0 Å². The summed E-state index contributed by atoms with van der Waals surface area (Å²) in [5.41, 5.74) is 14.5. The molecule has 1 atom stereocenters. The molecule has 2 nitrogen and oxygen atoms in total. The molecule has 2 rings (SSSR count). The van der Waals surface area contributed by atoms with E-state index in [-0.39, 0.29) is 6.04 Å². The van der Waals surface area contributed by atoms with Crippen LogP contribution in [0.3, 0.4) is 0 Å². The number of benzene rings is 1. The average Bonchev–Trinajstić information content (AvgIpc) is 2.12. The van der Waals surface area contributed by atoms with E-state index in [9.17, 15) is 0 Å². The zero-order valence-corrected chi connectivity index (χ0v) is 8.61. The molecule has 0 radical (unpaired) electrons. The second kappa shape index (κ2) is 3.71. The van der Waals surface area contributed by atoms with Gasteiger partial charge in [0.1, 0.15) is 0 Å². The Balaban J connectivity index is 2.07. The third kappa shape index (κ3) is 1.81. The highest BCUT2D eigenvalue weighted by atomic mass is 14.7. The molecule has 76 valence electrons. The fourth-order valence-electron chi connectivity index (χ4n) is 2.15. The molecule has 0 aliphatic heterocycles. The molecule has 4 N–H and O–H groups in total. The molecule has 0 bridgehead atoms. The molecule has 1 fully saturated rings. The van der Waals surface area contributed by atoms with Crippen molar-refractivity contribution in [1.29, 1.82) is 0 Å². The summed E-state index contributed by atoms with van der Waals surface area (Å²) in [6.07, 6.45) is 2.16. The first-order valence-corrected chi connectivity index (χ1v) is 5.24. The monoisotopic (exact) mass is 190 g/mol. The molecule has 0 saturated heterocycles. The van der Waals surface area contributed by atoms with Gasteiger partial charge in [-0.15, -0.1) is 0 Å². The van der Waals surface area contributed by atoms with E-state index in [1.165, 1.54) is 11.1 Å². The van der Waals surface area contributed by atoms with Crippen molar-refractivity contribution in [2.75, 3.05) is 0 Å². The van der Waals surface area contributed by atoms with Crippen LogP contribution in [-0.4, -0.2) is 6.04 Å². The van der Waals surface area contributed by atoms with Gasteiger partial charge in [0, 0.05) is 12.1 Å². The molecule has 0 spiro atoms. The predicted molar refractivity (Wildman–Crippen MR) is 58.8 cm³/mol. The van der Waals surface area contributed by atoms with E-state index < -0.39 is 0 Å². The summed E-state index contributed by atoms with van der Waals surface area (Å²) in [5.74, 6) is 0.590. The third-order valence-corrected chi connectivity index (χ3v) is 3.15. The molecular weight excluding hydrogens is 172 g/mol. The van der Waals surface area contributed by atoms with Gasteiger partial charge in [-0.2, -0.15) is 0 Å². The summed E-state index contributed by atoms with van der Waals surface area (Å²) in [5, 5.41) is 0. The first kappa shape index (κ1) is 9.69. The van der Waals surface area contributed by atoms with Gasteiger partial charge in [0.15, 0.2) is 0 Å². The molecule has 14 heavy (non-hydrogen) atoms. The Bertz CT molecular complexity index is 316. The van der Waals surface area contributed by atoms with Gasteiger partial charge in [-0.25, -0.2) is 0 Å². The lowest BCUT2D eigenvalue weighted by Crippen LogP contribution is -2.41. The lowest BCUT2D eigenvalue weighted by Gasteiger charge is -2.37. The van der Waals surface area contributed by atoms with Crippen LogP contribution in [0.25, 0.3) is 0 Å². The van der Waals surface area contributed by atoms with Gasteiger partial charge in [0.25, 0.3) is 0 Å². The van der Waals surface area contributed by atoms with Crippen LogP contribution in [0.1, 0.15) is 30.0 Å². The van der Waals surface area contributed by atoms with Gasteiger partial charge in [0.2, 0.25) is 0 Å². The highest BCUT2D eigenvalue weighted by molar-refractivity contribution is 5.25. The Morgan fingerprint density at radius 1 is 1.36 bits per heavy atom. The average molecular weight is 190 g/mol. The molecule has 0 amide bonds. The zero-order valence-electron chi connectivity index (χ0n) is 8.61. The second-order valence-corrected chi connectivity index (χ2v) is 4.43. The Kier molecular flexibility index (Phi) is 2.57. The Hall–Kier alpha value is -0.860. The SMILES string of the molecule is Cc1cccc(C(N)C2CC(N)C2)c1. The summed E-state index contributed by atoms with van der Waals surface area (Å²) in [6, 6.07) is 9.02. The minimum Gasteiger partial charge on any atom is -0.328 e. The largest absolute Gasteiger partial charge is 0.328 e. The van der Waals surface area contributed by atoms with Crippen molar-refractivity contribution in [2.45, 2.75) is 31.8 Å². The Morgan fingerprint density at radius 2 is 2.07 bits per heavy atom. The molecule has 1 aromatic rings. The normalized spacial score (nSPS) is 28.2. The number of aryl methyl sites for hydroxylation is 1. The van der Waals surface area contributed by atoms with Crippen LogP contribution in [0.4, 0.5) is 0 Å². The molecule has 1 aromatic carbocycles. The minimum atomic E-state index is 0.176. The molecule has 0 aromatic heterocycles. The van der Waals surface area contributed by atoms with Crippen molar-refractivity contribution >= 4 is 0 Å². The fraction of sp³-hybridized carbons (Fsp3) is 0.500. The number of hydrogen-bond donors (Lipinski definition) is 2. The summed E-state index contributed by atoms with van der Waals surface area (Å²) in [6.45, 7) is 2.10. The van der Waals surface area contributed by atoms with E-state index in [0.717, 1.165) is 12.8 Å². The van der Waals surface area contributed by atoms with Crippen LogP contribution in [0, 0.1) is 12.8 Å². The Morgan fingerprint density at radius 3 is 2.64 bits per heavy atom. The lowest BCUT2D eigenvalue weighted by molar-refractivity contribution is 0.224.